The first-order chi connectivity index (χ1) is 35.3. The number of hydrogen-bond donors (Lipinski definition) is 0. The van der Waals surface area contributed by atoms with Crippen LogP contribution in [0.3, 0.4) is 0 Å². The summed E-state index contributed by atoms with van der Waals surface area (Å²) in [5.41, 5.74) is 1.02. The van der Waals surface area contributed by atoms with Crippen molar-refractivity contribution in [1.82, 2.24) is 0 Å². The molecule has 6 nitrogen and oxygen atoms in total. The van der Waals surface area contributed by atoms with Crippen molar-refractivity contribution in [2.75, 3.05) is 26.4 Å². The zero-order valence-electron chi connectivity index (χ0n) is 46.1. The maximum atomic E-state index is 11.2. The van der Waals surface area contributed by atoms with Gasteiger partial charge in [-0.05, 0) is 63.5 Å². The monoisotopic (exact) mass is 1060 g/mol. The van der Waals surface area contributed by atoms with Gasteiger partial charge in [-0.25, -0.2) is 4.85 Å². The van der Waals surface area contributed by atoms with E-state index in [4.69, 9.17) is 25.5 Å². The minimum atomic E-state index is 0.479. The van der Waals surface area contributed by atoms with Crippen molar-refractivity contribution in [2.24, 2.45) is 11.8 Å². The highest BCUT2D eigenvalue weighted by Gasteiger charge is 2.30. The Morgan fingerprint density at radius 2 is 0.958 bits per heavy atom. The molecule has 10 heteroatoms. The van der Waals surface area contributed by atoms with Crippen LogP contribution in [-0.4, -0.2) is 26.4 Å². The van der Waals surface area contributed by atoms with Gasteiger partial charge in [-0.15, -0.1) is 45.3 Å². The predicted octanol–water partition coefficient (Wildman–Crippen LogP) is 22.4. The van der Waals surface area contributed by atoms with Crippen molar-refractivity contribution >= 4 is 71.2 Å². The van der Waals surface area contributed by atoms with Crippen LogP contribution in [0.25, 0.3) is 44.5 Å². The van der Waals surface area contributed by atoms with Crippen LogP contribution in [0.5, 0.6) is 23.0 Å². The lowest BCUT2D eigenvalue weighted by Crippen LogP contribution is -2.12. The first kappa shape index (κ1) is 59.6. The topological polar surface area (TPSA) is 65.1 Å². The third kappa shape index (κ3) is 17.4. The first-order valence-electron chi connectivity index (χ1n) is 28.9. The molecule has 0 aliphatic carbocycles. The number of aryl methyl sites for hydroxylation is 2. The van der Waals surface area contributed by atoms with Crippen LogP contribution >= 0.6 is 45.3 Å². The summed E-state index contributed by atoms with van der Waals surface area (Å²) in [6, 6.07) is 7.20. The molecule has 0 radical (unpaired) electrons. The molecular weight excluding hydrogens is 965 g/mol. The van der Waals surface area contributed by atoms with Crippen LogP contribution < -0.4 is 18.9 Å². The van der Waals surface area contributed by atoms with Gasteiger partial charge in [0.25, 0.3) is 0 Å². The first-order valence-corrected chi connectivity index (χ1v) is 32.1. The lowest BCUT2D eigenvalue weighted by atomic mass is 10.0. The maximum Gasteiger partial charge on any atom is 0.247 e. The van der Waals surface area contributed by atoms with E-state index in [1.807, 2.05) is 0 Å². The molecule has 0 aliphatic rings. The Balaban J connectivity index is 1.53. The van der Waals surface area contributed by atoms with E-state index in [2.05, 4.69) is 78.4 Å². The fraction of sp³-hybridized carbons (Fsp3) is 0.677. The minimum Gasteiger partial charge on any atom is -0.503 e. The predicted molar refractivity (Wildman–Crippen MR) is 317 cm³/mol. The molecule has 0 N–H and O–H groups in total. The Morgan fingerprint density at radius 3 is 1.43 bits per heavy atom. The van der Waals surface area contributed by atoms with E-state index in [1.165, 1.54) is 133 Å². The van der Waals surface area contributed by atoms with Crippen molar-refractivity contribution in [1.29, 1.82) is 5.26 Å². The summed E-state index contributed by atoms with van der Waals surface area (Å²) in [6.45, 7) is 28.9. The van der Waals surface area contributed by atoms with Gasteiger partial charge < -0.3 is 18.9 Å². The number of benzene rings is 1. The van der Waals surface area contributed by atoms with Gasteiger partial charge in [-0.1, -0.05) is 196 Å². The molecule has 5 rings (SSSR count). The van der Waals surface area contributed by atoms with Crippen molar-refractivity contribution < 1.29 is 18.9 Å². The molecule has 2 atom stereocenters. The van der Waals surface area contributed by atoms with Crippen LogP contribution in [0, 0.1) is 43.6 Å². The molecule has 398 valence electrons. The Labute approximate surface area is 453 Å². The highest BCUT2D eigenvalue weighted by Crippen LogP contribution is 2.58. The Hall–Kier alpha value is -3.28. The highest BCUT2D eigenvalue weighted by molar-refractivity contribution is 7.29. The lowest BCUT2D eigenvalue weighted by Gasteiger charge is -2.19. The van der Waals surface area contributed by atoms with Gasteiger partial charge in [-0.2, -0.15) is 5.26 Å². The van der Waals surface area contributed by atoms with Gasteiger partial charge in [-0.3, -0.25) is 0 Å². The average Bonchev–Trinajstić information content (AvgIpc) is 4.17. The summed E-state index contributed by atoms with van der Waals surface area (Å²) in [4.78, 5) is 9.91. The number of hydrogen-bond acceptors (Lipinski definition) is 9. The fourth-order valence-electron chi connectivity index (χ4n) is 9.87. The molecule has 0 bridgehead atoms. The van der Waals surface area contributed by atoms with E-state index in [0.717, 1.165) is 107 Å². The third-order valence-electron chi connectivity index (χ3n) is 14.5. The van der Waals surface area contributed by atoms with Crippen LogP contribution in [0.1, 0.15) is 237 Å². The Bertz CT molecular complexity index is 2330. The summed E-state index contributed by atoms with van der Waals surface area (Å²) in [6.07, 6.45) is 34.3. The van der Waals surface area contributed by atoms with Crippen LogP contribution in [-0.2, 0) is 0 Å². The minimum absolute atomic E-state index is 0.479. The summed E-state index contributed by atoms with van der Waals surface area (Å²) >= 11 is 6.69. The number of fused-ring (bicyclic) bond motifs is 2. The summed E-state index contributed by atoms with van der Waals surface area (Å²) in [5, 5.41) is 13.4. The molecular formula is C62H92N2O4S4. The molecule has 0 aliphatic heterocycles. The van der Waals surface area contributed by atoms with E-state index in [0.29, 0.717) is 61.0 Å². The van der Waals surface area contributed by atoms with Gasteiger partial charge in [0.2, 0.25) is 5.69 Å². The zero-order chi connectivity index (χ0) is 51.5. The van der Waals surface area contributed by atoms with Crippen molar-refractivity contribution in [2.45, 2.75) is 235 Å². The van der Waals surface area contributed by atoms with E-state index in [9.17, 15) is 5.26 Å². The summed E-state index contributed by atoms with van der Waals surface area (Å²) < 4.78 is 29.7. The van der Waals surface area contributed by atoms with Gasteiger partial charge >= 0.3 is 0 Å². The molecule has 5 aromatic rings. The van der Waals surface area contributed by atoms with E-state index >= 15 is 0 Å². The molecule has 72 heavy (non-hydrogen) atoms. The van der Waals surface area contributed by atoms with Gasteiger partial charge in [0.15, 0.2) is 5.75 Å². The normalized spacial score (nSPS) is 12.4. The second kappa shape index (κ2) is 33.6. The summed E-state index contributed by atoms with van der Waals surface area (Å²) in [5.74, 6) is 4.15. The molecule has 1 aromatic carbocycles. The number of ether oxygens (including phenoxy) is 4. The number of thiophene rings is 4. The zero-order valence-corrected chi connectivity index (χ0v) is 49.4. The molecule has 4 aromatic heterocycles. The van der Waals surface area contributed by atoms with Crippen molar-refractivity contribution in [3.63, 3.8) is 0 Å². The Morgan fingerprint density at radius 1 is 0.500 bits per heavy atom. The SMILES string of the molecule is [C-]#[N+]c1c(-c2sc(-c3cc4c(OCC(CC)CCCC)c5sc(C)cc5c(OCC(CC)CCCC)c4s3)c(OCCCCCCCCCCCC)c2C#N)sc(C)c1OCCCCCCCCCCCC. The molecule has 0 spiro atoms. The molecule has 0 saturated carbocycles. The van der Waals surface area contributed by atoms with Gasteiger partial charge in [0.05, 0.1) is 57.0 Å². The Kier molecular flexibility index (Phi) is 27.8. The average molecular weight is 1060 g/mol. The quantitative estimate of drug-likeness (QED) is 0.0289. The second-order valence-corrected chi connectivity index (χ2v) is 25.0. The largest absolute Gasteiger partial charge is 0.503 e. The molecule has 2 unspecified atom stereocenters. The van der Waals surface area contributed by atoms with Crippen LogP contribution in [0.2, 0.25) is 0 Å². The maximum absolute atomic E-state index is 11.2. The van der Waals surface area contributed by atoms with Crippen molar-refractivity contribution in [3.8, 4) is 48.6 Å². The highest BCUT2D eigenvalue weighted by atomic mass is 32.1. The van der Waals surface area contributed by atoms with Gasteiger partial charge in [0, 0.05) is 25.4 Å². The van der Waals surface area contributed by atoms with Crippen molar-refractivity contribution in [3.05, 3.63) is 38.9 Å². The van der Waals surface area contributed by atoms with Crippen LogP contribution in [0.4, 0.5) is 5.69 Å². The number of nitrogens with zero attached hydrogens (tertiary/aromatic N) is 2. The number of nitriles is 1. The summed E-state index contributed by atoms with van der Waals surface area (Å²) in [7, 11) is 0. The smallest absolute Gasteiger partial charge is 0.247 e. The standard InChI is InChI=1S/C62H92N2O4S4/c1-10-16-20-22-24-26-28-30-32-34-38-65-54-46(8)70-62(53(54)64-9)60-51(42-63)57(66-39-35-33-31-29-27-25-23-21-17-11-2)61(72-60)52-41-50-56(68-44-48(15-6)37-19-13-4)58-49(40-45(7)69-58)55(59(50)71-52)67-43-47(14-5)36-18-12-3/h40-41,47-48H,10-39,43-44H2,1-8H3. The lowest BCUT2D eigenvalue weighted by molar-refractivity contribution is 0.235. The molecule has 4 heterocycles. The molecule has 0 amide bonds. The van der Waals surface area contributed by atoms with E-state index < -0.39 is 0 Å². The second-order valence-electron chi connectivity index (χ2n) is 20.5. The number of unbranched alkanes of at least 4 members (excludes halogenated alkanes) is 20. The van der Waals surface area contributed by atoms with E-state index in [-0.39, 0.29) is 0 Å². The van der Waals surface area contributed by atoms with E-state index in [1.54, 1.807) is 45.3 Å². The van der Waals surface area contributed by atoms with Gasteiger partial charge in [0.1, 0.15) is 28.9 Å². The number of rotatable bonds is 40. The van der Waals surface area contributed by atoms with Crippen LogP contribution in [0.15, 0.2) is 12.1 Å². The molecule has 0 saturated heterocycles. The third-order valence-corrected chi connectivity index (χ3v) is 19.3. The fourth-order valence-corrected chi connectivity index (χ4v) is 14.5. The molecule has 0 fully saturated rings.